The highest BCUT2D eigenvalue weighted by Gasteiger charge is 2.33. The Hall–Kier alpha value is -1.43. The maximum atomic E-state index is 14.0. The maximum absolute atomic E-state index is 14.0. The van der Waals surface area contributed by atoms with Crippen molar-refractivity contribution < 1.29 is 9.13 Å². The van der Waals surface area contributed by atoms with Crippen molar-refractivity contribution in [2.75, 3.05) is 37.5 Å². The molecule has 1 fully saturated rings. The van der Waals surface area contributed by atoms with Gasteiger partial charge in [0, 0.05) is 26.7 Å². The van der Waals surface area contributed by atoms with Crippen LogP contribution in [0, 0.1) is 11.7 Å². The first-order valence-electron chi connectivity index (χ1n) is 6.63. The van der Waals surface area contributed by atoms with Gasteiger partial charge in [0.25, 0.3) is 0 Å². The van der Waals surface area contributed by atoms with Gasteiger partial charge in [-0.15, -0.1) is 0 Å². The number of ether oxygens (including phenoxy) is 1. The summed E-state index contributed by atoms with van der Waals surface area (Å²) in [4.78, 5) is 10.1. The number of rotatable bonds is 7. The number of nitrogens with one attached hydrogen (secondary N) is 1. The molecule has 1 aliphatic rings. The summed E-state index contributed by atoms with van der Waals surface area (Å²) in [6, 6.07) is 0.268. The molecule has 1 aliphatic carbocycles. The first kappa shape index (κ1) is 14.0. The minimum absolute atomic E-state index is 0.268. The van der Waals surface area contributed by atoms with E-state index in [-0.39, 0.29) is 11.9 Å². The molecule has 0 radical (unpaired) electrons. The Labute approximate surface area is 113 Å². The van der Waals surface area contributed by atoms with E-state index in [2.05, 4.69) is 22.2 Å². The van der Waals surface area contributed by atoms with Gasteiger partial charge in [0.2, 0.25) is 5.95 Å². The zero-order valence-electron chi connectivity index (χ0n) is 11.7. The Morgan fingerprint density at radius 3 is 2.89 bits per heavy atom. The average molecular weight is 268 g/mol. The van der Waals surface area contributed by atoms with Gasteiger partial charge in [0.15, 0.2) is 11.6 Å². The second-order valence-corrected chi connectivity index (χ2v) is 4.88. The van der Waals surface area contributed by atoms with Crippen molar-refractivity contribution >= 4 is 11.8 Å². The van der Waals surface area contributed by atoms with Crippen molar-refractivity contribution in [2.24, 2.45) is 5.92 Å². The molecular formula is C13H21FN4O. The van der Waals surface area contributed by atoms with E-state index in [0.29, 0.717) is 30.8 Å². The van der Waals surface area contributed by atoms with E-state index in [9.17, 15) is 4.39 Å². The number of methoxy groups -OCH3 is 1. The molecule has 1 atom stereocenters. The summed E-state index contributed by atoms with van der Waals surface area (Å²) in [5, 5.41) is 2.84. The predicted octanol–water partition coefficient (Wildman–Crippen LogP) is 1.91. The topological polar surface area (TPSA) is 50.3 Å². The molecule has 106 valence electrons. The monoisotopic (exact) mass is 268 g/mol. The molecule has 1 aromatic heterocycles. The number of aromatic nitrogens is 2. The van der Waals surface area contributed by atoms with Crippen LogP contribution < -0.4 is 10.2 Å². The fraction of sp³-hybridized carbons (Fsp3) is 0.692. The first-order chi connectivity index (χ1) is 9.17. The van der Waals surface area contributed by atoms with Gasteiger partial charge in [-0.1, -0.05) is 0 Å². The average Bonchev–Trinajstić information content (AvgIpc) is 3.25. The van der Waals surface area contributed by atoms with Gasteiger partial charge in [-0.3, -0.25) is 0 Å². The Morgan fingerprint density at radius 1 is 1.58 bits per heavy atom. The fourth-order valence-corrected chi connectivity index (χ4v) is 2.21. The molecule has 0 aromatic carbocycles. The fourth-order valence-electron chi connectivity index (χ4n) is 2.21. The van der Waals surface area contributed by atoms with Gasteiger partial charge in [-0.25, -0.2) is 9.37 Å². The van der Waals surface area contributed by atoms with E-state index < -0.39 is 0 Å². The van der Waals surface area contributed by atoms with E-state index in [1.54, 1.807) is 14.2 Å². The molecule has 0 saturated heterocycles. The second-order valence-electron chi connectivity index (χ2n) is 4.88. The molecule has 1 unspecified atom stereocenters. The van der Waals surface area contributed by atoms with Crippen molar-refractivity contribution in [3.8, 4) is 0 Å². The Morgan fingerprint density at radius 2 is 2.32 bits per heavy atom. The molecule has 1 N–H and O–H groups in total. The normalized spacial score (nSPS) is 16.2. The van der Waals surface area contributed by atoms with Crippen LogP contribution in [-0.4, -0.2) is 43.3 Å². The summed E-state index contributed by atoms with van der Waals surface area (Å²) in [5.74, 6) is 1.03. The molecular weight excluding hydrogens is 247 g/mol. The lowest BCUT2D eigenvalue weighted by Crippen LogP contribution is -2.38. The largest absolute Gasteiger partial charge is 0.383 e. The molecule has 5 nitrogen and oxygen atoms in total. The summed E-state index contributed by atoms with van der Waals surface area (Å²) in [7, 11) is 3.37. The predicted molar refractivity (Wildman–Crippen MR) is 72.9 cm³/mol. The van der Waals surface area contributed by atoms with Crippen molar-refractivity contribution in [3.63, 3.8) is 0 Å². The summed E-state index contributed by atoms with van der Waals surface area (Å²) >= 11 is 0. The lowest BCUT2D eigenvalue weighted by molar-refractivity contribution is 0.202. The molecule has 0 aliphatic heterocycles. The van der Waals surface area contributed by atoms with Crippen LogP contribution in [0.3, 0.4) is 0 Å². The summed E-state index contributed by atoms with van der Waals surface area (Å²) in [6.45, 7) is 3.30. The summed E-state index contributed by atoms with van der Waals surface area (Å²) in [6.07, 6.45) is 3.63. The molecule has 1 heterocycles. The number of hydrogen-bond acceptors (Lipinski definition) is 5. The number of nitrogens with zero attached hydrogens (tertiary/aromatic N) is 3. The minimum atomic E-state index is -0.386. The van der Waals surface area contributed by atoms with Gasteiger partial charge in [0.05, 0.1) is 12.8 Å². The molecule has 0 spiro atoms. The highest BCUT2D eigenvalue weighted by Crippen LogP contribution is 2.37. The lowest BCUT2D eigenvalue weighted by atomic mass is 10.2. The molecule has 1 saturated carbocycles. The van der Waals surface area contributed by atoms with Crippen LogP contribution in [0.4, 0.5) is 16.2 Å². The van der Waals surface area contributed by atoms with Gasteiger partial charge in [-0.2, -0.15) is 4.98 Å². The van der Waals surface area contributed by atoms with E-state index in [4.69, 9.17) is 4.74 Å². The number of halogens is 1. The van der Waals surface area contributed by atoms with Crippen LogP contribution in [0.25, 0.3) is 0 Å². The SMILES string of the molecule is CNc1ncc(F)c(N(CCOC)C(C)C2CC2)n1. The number of anilines is 2. The van der Waals surface area contributed by atoms with Crippen LogP contribution in [0.2, 0.25) is 0 Å². The van der Waals surface area contributed by atoms with Gasteiger partial charge < -0.3 is 15.0 Å². The molecule has 0 bridgehead atoms. The van der Waals surface area contributed by atoms with Crippen LogP contribution in [-0.2, 0) is 4.74 Å². The van der Waals surface area contributed by atoms with Crippen LogP contribution in [0.5, 0.6) is 0 Å². The highest BCUT2D eigenvalue weighted by atomic mass is 19.1. The molecule has 6 heteroatoms. The molecule has 0 amide bonds. The molecule has 1 aromatic rings. The minimum Gasteiger partial charge on any atom is -0.383 e. The van der Waals surface area contributed by atoms with Crippen LogP contribution in [0.15, 0.2) is 6.20 Å². The third-order valence-corrected chi connectivity index (χ3v) is 3.55. The lowest BCUT2D eigenvalue weighted by Gasteiger charge is -2.30. The van der Waals surface area contributed by atoms with Crippen molar-refractivity contribution in [1.29, 1.82) is 0 Å². The zero-order valence-corrected chi connectivity index (χ0v) is 11.7. The Balaban J connectivity index is 2.24. The van der Waals surface area contributed by atoms with Crippen LogP contribution in [0.1, 0.15) is 19.8 Å². The van der Waals surface area contributed by atoms with Crippen molar-refractivity contribution in [1.82, 2.24) is 9.97 Å². The number of hydrogen-bond donors (Lipinski definition) is 1. The summed E-state index contributed by atoms with van der Waals surface area (Å²) < 4.78 is 19.1. The first-order valence-corrected chi connectivity index (χ1v) is 6.63. The van der Waals surface area contributed by atoms with Crippen molar-refractivity contribution in [2.45, 2.75) is 25.8 Å². The van der Waals surface area contributed by atoms with Crippen LogP contribution >= 0.6 is 0 Å². The third-order valence-electron chi connectivity index (χ3n) is 3.55. The van der Waals surface area contributed by atoms with E-state index in [1.165, 1.54) is 19.0 Å². The van der Waals surface area contributed by atoms with Gasteiger partial charge in [-0.05, 0) is 25.7 Å². The standard InChI is InChI=1S/C13H21FN4O/c1-9(10-4-5-10)18(6-7-19-3)12-11(14)8-16-13(15-2)17-12/h8-10H,4-7H2,1-3H3,(H,15,16,17). The van der Waals surface area contributed by atoms with Gasteiger partial charge in [0.1, 0.15) is 0 Å². The molecule has 19 heavy (non-hydrogen) atoms. The Kier molecular flexibility index (Phi) is 4.52. The highest BCUT2D eigenvalue weighted by molar-refractivity contribution is 5.45. The quantitative estimate of drug-likeness (QED) is 0.818. The second kappa shape index (κ2) is 6.14. The van der Waals surface area contributed by atoms with Crippen molar-refractivity contribution in [3.05, 3.63) is 12.0 Å². The van der Waals surface area contributed by atoms with E-state index in [1.807, 2.05) is 4.90 Å². The van der Waals surface area contributed by atoms with Gasteiger partial charge >= 0.3 is 0 Å². The zero-order chi connectivity index (χ0) is 13.8. The Bertz CT molecular complexity index is 425. The maximum Gasteiger partial charge on any atom is 0.224 e. The summed E-state index contributed by atoms with van der Waals surface area (Å²) in [5.41, 5.74) is 0. The molecule has 2 rings (SSSR count). The third kappa shape index (κ3) is 3.32. The smallest absolute Gasteiger partial charge is 0.224 e. The van der Waals surface area contributed by atoms with E-state index in [0.717, 1.165) is 0 Å². The van der Waals surface area contributed by atoms with E-state index >= 15 is 0 Å².